The quantitative estimate of drug-likeness (QED) is 0.235. The van der Waals surface area contributed by atoms with E-state index in [4.69, 9.17) is 0 Å². The van der Waals surface area contributed by atoms with Gasteiger partial charge in [0.05, 0.1) is 5.70 Å². The van der Waals surface area contributed by atoms with Crippen molar-refractivity contribution in [1.29, 1.82) is 0 Å². The van der Waals surface area contributed by atoms with E-state index in [1.54, 1.807) is 18.2 Å². The second-order valence-corrected chi connectivity index (χ2v) is 8.21. The number of carbonyl (C=O) groups excluding carboxylic acids is 2. The van der Waals surface area contributed by atoms with Gasteiger partial charge in [0.2, 0.25) is 0 Å². The van der Waals surface area contributed by atoms with Gasteiger partial charge >= 0.3 is 0 Å². The van der Waals surface area contributed by atoms with Gasteiger partial charge in [0.15, 0.2) is 6.29 Å². The maximum absolute atomic E-state index is 12.5. The van der Waals surface area contributed by atoms with Crippen LogP contribution >= 0.6 is 9.24 Å². The molecule has 1 atom stereocenters. The van der Waals surface area contributed by atoms with Crippen molar-refractivity contribution in [3.8, 4) is 11.1 Å². The number of benzene rings is 3. The molecule has 3 rings (SSSR count). The highest BCUT2D eigenvalue weighted by Crippen LogP contribution is 2.19. The third-order valence-electron chi connectivity index (χ3n) is 4.97. The molecule has 0 saturated carbocycles. The van der Waals surface area contributed by atoms with Crippen LogP contribution in [0, 0.1) is 6.92 Å². The van der Waals surface area contributed by atoms with Gasteiger partial charge in [-0.25, -0.2) is 0 Å². The first kappa shape index (κ1) is 28.0. The van der Waals surface area contributed by atoms with Gasteiger partial charge < -0.3 is 5.32 Å². The summed E-state index contributed by atoms with van der Waals surface area (Å²) in [6.07, 6.45) is 6.39. The number of unbranched alkanes of at least 4 members (excludes halogenated alkanes) is 2. The van der Waals surface area contributed by atoms with E-state index < -0.39 is 0 Å². The Morgan fingerprint density at radius 3 is 2.03 bits per heavy atom. The van der Waals surface area contributed by atoms with Crippen LogP contribution in [0.2, 0.25) is 0 Å². The normalized spacial score (nSPS) is 10.4. The third kappa shape index (κ3) is 9.16. The molecule has 33 heavy (non-hydrogen) atoms. The summed E-state index contributed by atoms with van der Waals surface area (Å²) in [7, 11) is 2.66. The smallest absolute Gasteiger partial charge is 0.255 e. The maximum atomic E-state index is 12.5. The van der Waals surface area contributed by atoms with Crippen molar-refractivity contribution in [2.45, 2.75) is 47.5 Å². The van der Waals surface area contributed by atoms with E-state index in [1.807, 2.05) is 67.6 Å². The van der Waals surface area contributed by atoms with Crippen LogP contribution in [-0.4, -0.2) is 12.2 Å². The summed E-state index contributed by atoms with van der Waals surface area (Å²) in [5, 5.41) is 3.72. The highest BCUT2D eigenvalue weighted by molar-refractivity contribution is 7.27. The highest BCUT2D eigenvalue weighted by Gasteiger charge is 2.08. The number of rotatable bonds is 7. The molecule has 0 bridgehead atoms. The molecule has 1 unspecified atom stereocenters. The molecular formula is C29H36NO2P. The van der Waals surface area contributed by atoms with E-state index in [0.29, 0.717) is 11.8 Å². The summed E-state index contributed by atoms with van der Waals surface area (Å²) in [4.78, 5) is 23.8. The molecule has 3 nitrogen and oxygen atoms in total. The fourth-order valence-electron chi connectivity index (χ4n) is 3.03. The molecule has 0 aromatic heterocycles. The van der Waals surface area contributed by atoms with E-state index >= 15 is 0 Å². The van der Waals surface area contributed by atoms with Crippen LogP contribution in [0.1, 0.15) is 62.0 Å². The average Bonchev–Trinajstić information content (AvgIpc) is 2.82. The van der Waals surface area contributed by atoms with Gasteiger partial charge in [-0.15, -0.1) is 9.24 Å². The number of aldehydes is 1. The zero-order valence-electron chi connectivity index (χ0n) is 19.1. The van der Waals surface area contributed by atoms with Crippen LogP contribution < -0.4 is 10.6 Å². The molecular weight excluding hydrogens is 425 g/mol. The van der Waals surface area contributed by atoms with Crippen molar-refractivity contribution in [2.75, 3.05) is 0 Å². The minimum atomic E-state index is -0.314. The highest BCUT2D eigenvalue weighted by atomic mass is 31.0. The summed E-state index contributed by atoms with van der Waals surface area (Å²) in [6, 6.07) is 23.1. The van der Waals surface area contributed by atoms with Gasteiger partial charge in [-0.2, -0.15) is 0 Å². The molecule has 0 radical (unpaired) electrons. The number of allylic oxidation sites excluding steroid dienone is 1. The minimum Gasteiger partial charge on any atom is -0.319 e. The Hall–Kier alpha value is -3.03. The number of amides is 1. The van der Waals surface area contributed by atoms with Gasteiger partial charge in [-0.3, -0.25) is 9.59 Å². The van der Waals surface area contributed by atoms with E-state index in [-0.39, 0.29) is 19.0 Å². The fourth-order valence-corrected chi connectivity index (χ4v) is 3.32. The Morgan fingerprint density at radius 1 is 0.909 bits per heavy atom. The van der Waals surface area contributed by atoms with Gasteiger partial charge in [-0.1, -0.05) is 95.1 Å². The van der Waals surface area contributed by atoms with Crippen molar-refractivity contribution in [2.24, 2.45) is 0 Å². The van der Waals surface area contributed by atoms with Gasteiger partial charge in [0.1, 0.15) is 0 Å². The molecule has 3 aromatic carbocycles. The molecule has 0 aliphatic rings. The fraction of sp³-hybridized carbons (Fsp3) is 0.241. The van der Waals surface area contributed by atoms with Crippen molar-refractivity contribution in [3.05, 3.63) is 95.2 Å². The first-order valence-electron chi connectivity index (χ1n) is 11.0. The lowest BCUT2D eigenvalue weighted by Gasteiger charge is -2.07. The molecule has 1 amide bonds. The Kier molecular flexibility index (Phi) is 12.7. The molecule has 4 heteroatoms. The lowest BCUT2D eigenvalue weighted by Crippen LogP contribution is -2.23. The largest absolute Gasteiger partial charge is 0.319 e. The van der Waals surface area contributed by atoms with E-state index in [2.05, 4.69) is 28.4 Å². The lowest BCUT2D eigenvalue weighted by atomic mass is 10.0. The number of hydrogen-bond acceptors (Lipinski definition) is 2. The van der Waals surface area contributed by atoms with E-state index in [1.165, 1.54) is 19.3 Å². The number of nitrogens with one attached hydrogen (secondary N) is 1. The second kappa shape index (κ2) is 14.9. The zero-order chi connectivity index (χ0) is 23.3. The van der Waals surface area contributed by atoms with Gasteiger partial charge in [-0.05, 0) is 58.8 Å². The minimum absolute atomic E-state index is 0. The van der Waals surface area contributed by atoms with Crippen molar-refractivity contribution in [3.63, 3.8) is 0 Å². The number of aryl methyl sites for hydroxylation is 1. The topological polar surface area (TPSA) is 46.2 Å². The van der Waals surface area contributed by atoms with Crippen LogP contribution in [0.3, 0.4) is 0 Å². The van der Waals surface area contributed by atoms with Crippen LogP contribution in [0.15, 0.2) is 78.5 Å². The zero-order valence-corrected chi connectivity index (χ0v) is 20.3. The molecule has 174 valence electrons. The van der Waals surface area contributed by atoms with Crippen molar-refractivity contribution >= 4 is 32.8 Å². The Balaban J connectivity index is 0.000000821. The summed E-state index contributed by atoms with van der Waals surface area (Å²) in [6.45, 7) is 6.43. The molecule has 0 aliphatic heterocycles. The first-order valence-corrected chi connectivity index (χ1v) is 11.6. The van der Waals surface area contributed by atoms with Gasteiger partial charge in [0, 0.05) is 5.56 Å². The molecule has 0 heterocycles. The van der Waals surface area contributed by atoms with Gasteiger partial charge in [0.25, 0.3) is 5.91 Å². The third-order valence-corrected chi connectivity index (χ3v) is 5.59. The molecule has 0 aliphatic carbocycles. The summed E-state index contributed by atoms with van der Waals surface area (Å²) >= 11 is 0. The summed E-state index contributed by atoms with van der Waals surface area (Å²) in [5.74, 6) is -0.314. The molecule has 1 N–H and O–H groups in total. The molecule has 0 saturated heterocycles. The standard InChI is InChI=1S/C23H20NO2P.C5H12.CH4/c1-16-7-8-17(14-22(16)27)13-21(15-25)24-23(26)20-11-9-19(10-12-20)18-5-3-2-4-6-18;1-3-5-4-2;/h2-15H,27H2,1H3,(H,24,26);3-5H2,1-2H3;1H4/b21-13+;;. The predicted molar refractivity (Wildman–Crippen MR) is 146 cm³/mol. The molecule has 0 spiro atoms. The van der Waals surface area contributed by atoms with E-state index in [9.17, 15) is 9.59 Å². The molecule has 0 fully saturated rings. The van der Waals surface area contributed by atoms with E-state index in [0.717, 1.165) is 27.6 Å². The number of carbonyl (C=O) groups is 2. The Labute approximate surface area is 201 Å². The summed E-state index contributed by atoms with van der Waals surface area (Å²) in [5.41, 5.74) is 4.84. The number of hydrogen-bond donors (Lipinski definition) is 1. The Morgan fingerprint density at radius 2 is 1.52 bits per heavy atom. The predicted octanol–water partition coefficient (Wildman–Crippen LogP) is 6.96. The van der Waals surface area contributed by atoms with Crippen LogP contribution in [0.25, 0.3) is 17.2 Å². The second-order valence-electron chi connectivity index (χ2n) is 7.58. The SMILES string of the molecule is C.CCCCC.Cc1ccc(/C=C(\C=O)NC(=O)c2ccc(-c3ccccc3)cc2)cc1P. The van der Waals surface area contributed by atoms with Crippen molar-refractivity contribution < 1.29 is 9.59 Å². The maximum Gasteiger partial charge on any atom is 0.255 e. The first-order chi connectivity index (χ1) is 15.5. The van der Waals surface area contributed by atoms with Crippen LogP contribution in [0.4, 0.5) is 0 Å². The van der Waals surface area contributed by atoms with Crippen molar-refractivity contribution in [1.82, 2.24) is 5.32 Å². The lowest BCUT2D eigenvalue weighted by molar-refractivity contribution is -0.105. The monoisotopic (exact) mass is 461 g/mol. The van der Waals surface area contributed by atoms with Crippen LogP contribution in [0.5, 0.6) is 0 Å². The molecule has 3 aromatic rings. The van der Waals surface area contributed by atoms with Crippen LogP contribution in [-0.2, 0) is 4.79 Å². The average molecular weight is 462 g/mol. The summed E-state index contributed by atoms with van der Waals surface area (Å²) < 4.78 is 0. The Bertz CT molecular complexity index is 1040.